The first-order chi connectivity index (χ1) is 10.4. The van der Waals surface area contributed by atoms with Crippen molar-refractivity contribution in [3.63, 3.8) is 0 Å². The van der Waals surface area contributed by atoms with Crippen LogP contribution in [-0.2, 0) is 11.2 Å². The van der Waals surface area contributed by atoms with Gasteiger partial charge in [0.15, 0.2) is 0 Å². The standard InChI is InChI=1S/C16H23N3O3/c1-16(17)10-3-2-4-14(16)15(20)18-11-9-12-5-7-13(8-6-12)19(21)22/h5-8,14H,2-4,9-11,17H2,1H3,(H,18,20). The van der Waals surface area contributed by atoms with Gasteiger partial charge in [0, 0.05) is 24.2 Å². The number of nitrogens with one attached hydrogen (secondary N) is 1. The summed E-state index contributed by atoms with van der Waals surface area (Å²) in [6.45, 7) is 2.47. The average molecular weight is 305 g/mol. The molecule has 6 heteroatoms. The molecule has 0 aliphatic heterocycles. The second kappa shape index (κ2) is 6.87. The molecule has 1 aromatic carbocycles. The van der Waals surface area contributed by atoms with Crippen LogP contribution in [0.15, 0.2) is 24.3 Å². The van der Waals surface area contributed by atoms with Crippen molar-refractivity contribution in [3.8, 4) is 0 Å². The highest BCUT2D eigenvalue weighted by atomic mass is 16.6. The van der Waals surface area contributed by atoms with E-state index in [2.05, 4.69) is 5.32 Å². The van der Waals surface area contributed by atoms with E-state index in [1.54, 1.807) is 12.1 Å². The van der Waals surface area contributed by atoms with Crippen LogP contribution in [0.5, 0.6) is 0 Å². The number of nitro groups is 1. The molecular formula is C16H23N3O3. The lowest BCUT2D eigenvalue weighted by atomic mass is 9.74. The number of carbonyl (C=O) groups excluding carboxylic acids is 1. The number of rotatable bonds is 5. The minimum absolute atomic E-state index is 0.0200. The van der Waals surface area contributed by atoms with Crippen molar-refractivity contribution in [3.05, 3.63) is 39.9 Å². The number of carbonyl (C=O) groups is 1. The Morgan fingerprint density at radius 2 is 2.09 bits per heavy atom. The van der Waals surface area contributed by atoms with Gasteiger partial charge in [0.25, 0.3) is 5.69 Å². The van der Waals surface area contributed by atoms with Crippen molar-refractivity contribution in [1.82, 2.24) is 5.32 Å². The summed E-state index contributed by atoms with van der Waals surface area (Å²) in [5, 5.41) is 13.5. The lowest BCUT2D eigenvalue weighted by Crippen LogP contribution is -2.53. The number of nitro benzene ring substituents is 1. The zero-order valence-corrected chi connectivity index (χ0v) is 12.9. The van der Waals surface area contributed by atoms with Gasteiger partial charge in [0.2, 0.25) is 5.91 Å². The molecule has 1 aliphatic carbocycles. The average Bonchev–Trinajstić information content (AvgIpc) is 2.47. The van der Waals surface area contributed by atoms with Crippen LogP contribution in [-0.4, -0.2) is 22.9 Å². The summed E-state index contributed by atoms with van der Waals surface area (Å²) in [7, 11) is 0. The summed E-state index contributed by atoms with van der Waals surface area (Å²) in [6, 6.07) is 6.40. The van der Waals surface area contributed by atoms with E-state index in [1.807, 2.05) is 6.92 Å². The fraction of sp³-hybridized carbons (Fsp3) is 0.562. The van der Waals surface area contributed by atoms with E-state index in [4.69, 9.17) is 5.73 Å². The Kier molecular flexibility index (Phi) is 5.13. The summed E-state index contributed by atoms with van der Waals surface area (Å²) < 4.78 is 0. The van der Waals surface area contributed by atoms with Crippen molar-refractivity contribution in [2.45, 2.75) is 44.6 Å². The van der Waals surface area contributed by atoms with Gasteiger partial charge in [-0.1, -0.05) is 25.0 Å². The van der Waals surface area contributed by atoms with Crippen LogP contribution in [0.3, 0.4) is 0 Å². The molecule has 0 heterocycles. The second-order valence-corrected chi connectivity index (χ2v) is 6.27. The van der Waals surface area contributed by atoms with Gasteiger partial charge < -0.3 is 11.1 Å². The Balaban J connectivity index is 1.82. The maximum absolute atomic E-state index is 12.3. The Morgan fingerprint density at radius 1 is 1.41 bits per heavy atom. The lowest BCUT2D eigenvalue weighted by Gasteiger charge is -2.37. The summed E-state index contributed by atoms with van der Waals surface area (Å²) >= 11 is 0. The summed E-state index contributed by atoms with van der Waals surface area (Å²) in [6.07, 6.45) is 4.51. The van der Waals surface area contributed by atoms with E-state index >= 15 is 0 Å². The maximum Gasteiger partial charge on any atom is 0.269 e. The van der Waals surface area contributed by atoms with Crippen LogP contribution in [0.2, 0.25) is 0 Å². The fourth-order valence-corrected chi connectivity index (χ4v) is 3.03. The summed E-state index contributed by atoms with van der Waals surface area (Å²) in [5.41, 5.74) is 6.85. The predicted octanol–water partition coefficient (Wildman–Crippen LogP) is 2.16. The monoisotopic (exact) mass is 305 g/mol. The highest BCUT2D eigenvalue weighted by Gasteiger charge is 2.37. The molecule has 1 saturated carbocycles. The van der Waals surface area contributed by atoms with E-state index in [0.717, 1.165) is 31.2 Å². The third-order valence-corrected chi connectivity index (χ3v) is 4.43. The topological polar surface area (TPSA) is 98.3 Å². The third kappa shape index (κ3) is 4.04. The van der Waals surface area contributed by atoms with Gasteiger partial charge in [-0.15, -0.1) is 0 Å². The molecule has 120 valence electrons. The molecule has 0 spiro atoms. The van der Waals surface area contributed by atoms with Gasteiger partial charge in [-0.05, 0) is 31.7 Å². The van der Waals surface area contributed by atoms with E-state index < -0.39 is 10.5 Å². The smallest absolute Gasteiger partial charge is 0.269 e. The van der Waals surface area contributed by atoms with Crippen molar-refractivity contribution in [2.75, 3.05) is 6.54 Å². The molecule has 1 amide bonds. The van der Waals surface area contributed by atoms with Crippen LogP contribution in [0.25, 0.3) is 0 Å². The molecule has 0 bridgehead atoms. The molecule has 0 radical (unpaired) electrons. The highest BCUT2D eigenvalue weighted by Crippen LogP contribution is 2.31. The molecule has 0 aromatic heterocycles. The Labute approximate surface area is 130 Å². The SMILES string of the molecule is CC1(N)CCCCC1C(=O)NCCc1ccc([N+](=O)[O-])cc1. The number of nitrogens with two attached hydrogens (primary N) is 1. The first-order valence-corrected chi connectivity index (χ1v) is 7.70. The highest BCUT2D eigenvalue weighted by molar-refractivity contribution is 5.80. The van der Waals surface area contributed by atoms with Crippen LogP contribution >= 0.6 is 0 Å². The zero-order valence-electron chi connectivity index (χ0n) is 12.9. The van der Waals surface area contributed by atoms with Crippen LogP contribution in [0.1, 0.15) is 38.2 Å². The number of benzene rings is 1. The molecular weight excluding hydrogens is 282 g/mol. The quantitative estimate of drug-likeness (QED) is 0.643. The van der Waals surface area contributed by atoms with Crippen molar-refractivity contribution >= 4 is 11.6 Å². The van der Waals surface area contributed by atoms with Crippen LogP contribution in [0, 0.1) is 16.0 Å². The van der Waals surface area contributed by atoms with Crippen LogP contribution in [0.4, 0.5) is 5.69 Å². The molecule has 2 unspecified atom stereocenters. The summed E-state index contributed by atoms with van der Waals surface area (Å²) in [4.78, 5) is 22.4. The Hall–Kier alpha value is -1.95. The van der Waals surface area contributed by atoms with E-state index in [-0.39, 0.29) is 17.5 Å². The molecule has 2 atom stereocenters. The zero-order chi connectivity index (χ0) is 16.2. The van der Waals surface area contributed by atoms with Crippen molar-refractivity contribution < 1.29 is 9.72 Å². The van der Waals surface area contributed by atoms with E-state index in [1.165, 1.54) is 12.1 Å². The van der Waals surface area contributed by atoms with Gasteiger partial charge in [-0.3, -0.25) is 14.9 Å². The number of hydrogen-bond donors (Lipinski definition) is 2. The third-order valence-electron chi connectivity index (χ3n) is 4.43. The largest absolute Gasteiger partial charge is 0.355 e. The second-order valence-electron chi connectivity index (χ2n) is 6.27. The molecule has 22 heavy (non-hydrogen) atoms. The lowest BCUT2D eigenvalue weighted by molar-refractivity contribution is -0.384. The van der Waals surface area contributed by atoms with Gasteiger partial charge in [0.05, 0.1) is 10.8 Å². The maximum atomic E-state index is 12.3. The summed E-state index contributed by atoms with van der Waals surface area (Å²) in [5.74, 6) is -0.107. The van der Waals surface area contributed by atoms with Gasteiger partial charge in [0.1, 0.15) is 0 Å². The van der Waals surface area contributed by atoms with E-state index in [9.17, 15) is 14.9 Å². The molecule has 6 nitrogen and oxygen atoms in total. The Morgan fingerprint density at radius 3 is 2.68 bits per heavy atom. The van der Waals surface area contributed by atoms with Crippen molar-refractivity contribution in [1.29, 1.82) is 0 Å². The van der Waals surface area contributed by atoms with Crippen molar-refractivity contribution in [2.24, 2.45) is 11.7 Å². The Bertz CT molecular complexity index is 540. The first-order valence-electron chi connectivity index (χ1n) is 7.70. The minimum Gasteiger partial charge on any atom is -0.355 e. The number of amides is 1. The van der Waals surface area contributed by atoms with Gasteiger partial charge >= 0.3 is 0 Å². The van der Waals surface area contributed by atoms with Gasteiger partial charge in [-0.25, -0.2) is 0 Å². The predicted molar refractivity (Wildman–Crippen MR) is 84.4 cm³/mol. The fourth-order valence-electron chi connectivity index (χ4n) is 3.03. The number of non-ortho nitro benzene ring substituents is 1. The first kappa shape index (κ1) is 16.4. The number of hydrogen-bond acceptors (Lipinski definition) is 4. The molecule has 2 rings (SSSR count). The molecule has 1 aliphatic rings. The molecule has 1 fully saturated rings. The van der Waals surface area contributed by atoms with E-state index in [0.29, 0.717) is 13.0 Å². The van der Waals surface area contributed by atoms with Gasteiger partial charge in [-0.2, -0.15) is 0 Å². The minimum atomic E-state index is -0.421. The number of nitrogens with zero attached hydrogens (tertiary/aromatic N) is 1. The molecule has 3 N–H and O–H groups in total. The molecule has 0 saturated heterocycles. The van der Waals surface area contributed by atoms with Crippen LogP contribution < -0.4 is 11.1 Å². The molecule has 1 aromatic rings. The normalized spacial score (nSPS) is 24.7.